The van der Waals surface area contributed by atoms with Crippen molar-refractivity contribution in [3.63, 3.8) is 0 Å². The fraction of sp³-hybridized carbons (Fsp3) is 0.186. The molecule has 0 radical (unpaired) electrons. The molecule has 6 aromatic carbocycles. The van der Waals surface area contributed by atoms with Gasteiger partial charge in [-0.25, -0.2) is 4.99 Å². The summed E-state index contributed by atoms with van der Waals surface area (Å²) < 4.78 is 0. The van der Waals surface area contributed by atoms with E-state index >= 15 is 0 Å². The van der Waals surface area contributed by atoms with Gasteiger partial charge in [-0.05, 0) is 72.5 Å². The fourth-order valence-corrected chi connectivity index (χ4v) is 8.18. The van der Waals surface area contributed by atoms with Crippen molar-refractivity contribution in [2.45, 2.75) is 50.9 Å². The van der Waals surface area contributed by atoms with Crippen LogP contribution in [-0.4, -0.2) is 5.84 Å². The van der Waals surface area contributed by atoms with Crippen LogP contribution >= 0.6 is 0 Å². The van der Waals surface area contributed by atoms with Gasteiger partial charge in [0.1, 0.15) is 18.2 Å². The van der Waals surface area contributed by atoms with Crippen molar-refractivity contribution in [3.05, 3.63) is 166 Å². The van der Waals surface area contributed by atoms with Crippen LogP contribution in [0.15, 0.2) is 132 Å². The summed E-state index contributed by atoms with van der Waals surface area (Å²) in [4.78, 5) is 5.36. The highest BCUT2D eigenvalue weighted by Crippen LogP contribution is 2.50. The molecule has 3 heteroatoms. The molecule has 3 aliphatic rings. The zero-order chi connectivity index (χ0) is 31.2. The van der Waals surface area contributed by atoms with Crippen molar-refractivity contribution in [1.29, 1.82) is 0 Å². The molecule has 0 saturated heterocycles. The molecule has 0 spiro atoms. The van der Waals surface area contributed by atoms with E-state index in [9.17, 15) is 0 Å². The molecule has 0 aromatic heterocycles. The molecular formula is C43H37N3. The Hall–Kier alpha value is -4.99. The van der Waals surface area contributed by atoms with Gasteiger partial charge >= 0.3 is 0 Å². The maximum atomic E-state index is 5.36. The van der Waals surface area contributed by atoms with Crippen LogP contribution in [0.4, 0.5) is 0 Å². The molecule has 0 saturated carbocycles. The number of hydrogen-bond donors (Lipinski definition) is 2. The zero-order valence-corrected chi connectivity index (χ0v) is 26.7. The van der Waals surface area contributed by atoms with E-state index in [1.54, 1.807) is 0 Å². The molecule has 3 nitrogen and oxygen atoms in total. The van der Waals surface area contributed by atoms with E-state index in [-0.39, 0.29) is 23.2 Å². The maximum Gasteiger partial charge on any atom is 0.131 e. The highest BCUT2D eigenvalue weighted by atomic mass is 15.3. The summed E-state index contributed by atoms with van der Waals surface area (Å²) in [6.07, 6.45) is -0.330. The van der Waals surface area contributed by atoms with E-state index in [2.05, 4.69) is 166 Å². The summed E-state index contributed by atoms with van der Waals surface area (Å²) in [6, 6.07) is 46.8. The lowest BCUT2D eigenvalue weighted by Gasteiger charge is -2.33. The van der Waals surface area contributed by atoms with Crippen LogP contribution in [0.3, 0.4) is 0 Å². The lowest BCUT2D eigenvalue weighted by atomic mass is 9.81. The SMILES string of the molecule is CC1(C)c2ccccc2-c2ccc(C3N=C(c4ccc5ccccc5c4)NC(c4ccc5c(c4)C(C)(C)c4ccccc4-5)N3)cc21. The minimum Gasteiger partial charge on any atom is -0.350 e. The molecule has 2 unspecified atom stereocenters. The van der Waals surface area contributed by atoms with Crippen LogP contribution in [0.5, 0.6) is 0 Å². The Bertz CT molecular complexity index is 2240. The van der Waals surface area contributed by atoms with Gasteiger partial charge in [-0.1, -0.05) is 149 Å². The summed E-state index contributed by atoms with van der Waals surface area (Å²) in [5.74, 6) is 0.908. The first-order valence-electron chi connectivity index (χ1n) is 16.4. The Balaban J connectivity index is 1.15. The monoisotopic (exact) mass is 595 g/mol. The van der Waals surface area contributed by atoms with Crippen LogP contribution in [0.2, 0.25) is 0 Å². The van der Waals surface area contributed by atoms with Gasteiger partial charge in [-0.2, -0.15) is 0 Å². The summed E-state index contributed by atoms with van der Waals surface area (Å²) >= 11 is 0. The van der Waals surface area contributed by atoms with Crippen molar-refractivity contribution in [1.82, 2.24) is 10.6 Å². The lowest BCUT2D eigenvalue weighted by Crippen LogP contribution is -2.45. The van der Waals surface area contributed by atoms with Crippen LogP contribution in [0.1, 0.15) is 79.0 Å². The molecule has 1 heterocycles. The maximum absolute atomic E-state index is 5.36. The van der Waals surface area contributed by atoms with Crippen LogP contribution in [-0.2, 0) is 10.8 Å². The second-order valence-corrected chi connectivity index (χ2v) is 14.1. The van der Waals surface area contributed by atoms with Gasteiger partial charge < -0.3 is 5.32 Å². The molecular weight excluding hydrogens is 558 g/mol. The van der Waals surface area contributed by atoms with E-state index in [0.29, 0.717) is 0 Å². The highest BCUT2D eigenvalue weighted by molar-refractivity contribution is 6.02. The minimum absolute atomic E-state index is 0.0636. The smallest absolute Gasteiger partial charge is 0.131 e. The first-order chi connectivity index (χ1) is 22.3. The zero-order valence-electron chi connectivity index (χ0n) is 26.7. The summed E-state index contributed by atoms with van der Waals surface area (Å²) in [5.41, 5.74) is 14.2. The average molecular weight is 596 g/mol. The third-order valence-electron chi connectivity index (χ3n) is 10.8. The van der Waals surface area contributed by atoms with Gasteiger partial charge in [0.25, 0.3) is 0 Å². The number of amidine groups is 1. The Morgan fingerprint density at radius 2 is 1.04 bits per heavy atom. The van der Waals surface area contributed by atoms with E-state index in [1.807, 2.05) is 0 Å². The van der Waals surface area contributed by atoms with Gasteiger partial charge in [0.05, 0.1) is 0 Å². The Morgan fingerprint density at radius 1 is 0.500 bits per heavy atom. The van der Waals surface area contributed by atoms with Crippen molar-refractivity contribution < 1.29 is 0 Å². The molecule has 2 N–H and O–H groups in total. The molecule has 46 heavy (non-hydrogen) atoms. The van der Waals surface area contributed by atoms with Gasteiger partial charge in [0.15, 0.2) is 0 Å². The minimum atomic E-state index is -0.212. The topological polar surface area (TPSA) is 36.4 Å². The van der Waals surface area contributed by atoms with Crippen molar-refractivity contribution in [2.75, 3.05) is 0 Å². The molecule has 1 aliphatic heterocycles. The van der Waals surface area contributed by atoms with E-state index in [0.717, 1.165) is 11.4 Å². The van der Waals surface area contributed by atoms with E-state index < -0.39 is 0 Å². The first-order valence-corrected chi connectivity index (χ1v) is 16.4. The summed E-state index contributed by atoms with van der Waals surface area (Å²) in [6.45, 7) is 9.37. The number of nitrogens with zero attached hydrogens (tertiary/aromatic N) is 1. The number of fused-ring (bicyclic) bond motifs is 7. The number of benzene rings is 6. The molecule has 224 valence electrons. The number of rotatable bonds is 3. The average Bonchev–Trinajstić information content (AvgIpc) is 3.47. The van der Waals surface area contributed by atoms with Gasteiger partial charge in [0, 0.05) is 16.4 Å². The Kier molecular flexibility index (Phi) is 5.80. The van der Waals surface area contributed by atoms with Gasteiger partial charge in [-0.3, -0.25) is 5.32 Å². The molecule has 0 amide bonds. The standard InChI is InChI=1S/C43H37N3/c1-42(2)35-15-9-7-13-31(35)33-21-19-29(24-37(33)42)40-44-39(28-18-17-26-11-5-6-12-27(26)23-28)45-41(46-40)30-20-22-34-32-14-8-10-16-36(32)43(3,4)38(34)25-30/h5-25,40-41,46H,1-4H3,(H,44,45). The van der Waals surface area contributed by atoms with Gasteiger partial charge in [-0.15, -0.1) is 0 Å². The Labute approximate surface area is 271 Å². The quantitative estimate of drug-likeness (QED) is 0.214. The second-order valence-electron chi connectivity index (χ2n) is 14.1. The Morgan fingerprint density at radius 3 is 1.72 bits per heavy atom. The van der Waals surface area contributed by atoms with Crippen molar-refractivity contribution in [3.8, 4) is 22.3 Å². The number of hydrogen-bond acceptors (Lipinski definition) is 3. The second kappa shape index (κ2) is 9.75. The predicted molar refractivity (Wildman–Crippen MR) is 190 cm³/mol. The normalized spacial score (nSPS) is 19.9. The molecule has 9 rings (SSSR count). The third-order valence-corrected chi connectivity index (χ3v) is 10.8. The van der Waals surface area contributed by atoms with Crippen LogP contribution in [0.25, 0.3) is 33.0 Å². The largest absolute Gasteiger partial charge is 0.350 e. The van der Waals surface area contributed by atoms with E-state index in [4.69, 9.17) is 4.99 Å². The first kappa shape index (κ1) is 27.3. The molecule has 0 fully saturated rings. The number of aliphatic imine (C=N–C) groups is 1. The van der Waals surface area contributed by atoms with Crippen molar-refractivity contribution >= 4 is 16.6 Å². The fourth-order valence-electron chi connectivity index (χ4n) is 8.18. The highest BCUT2D eigenvalue weighted by Gasteiger charge is 2.38. The molecule has 2 aliphatic carbocycles. The molecule has 2 atom stereocenters. The van der Waals surface area contributed by atoms with Crippen LogP contribution < -0.4 is 10.6 Å². The van der Waals surface area contributed by atoms with Gasteiger partial charge in [0.2, 0.25) is 0 Å². The number of nitrogens with one attached hydrogen (secondary N) is 2. The predicted octanol–water partition coefficient (Wildman–Crippen LogP) is 9.79. The summed E-state index contributed by atoms with van der Waals surface area (Å²) in [5, 5.41) is 10.2. The van der Waals surface area contributed by atoms with Crippen LogP contribution in [0, 0.1) is 0 Å². The molecule has 6 aromatic rings. The van der Waals surface area contributed by atoms with Crippen molar-refractivity contribution in [2.24, 2.45) is 4.99 Å². The third kappa shape index (κ3) is 3.98. The lowest BCUT2D eigenvalue weighted by molar-refractivity contribution is 0.408. The summed E-state index contributed by atoms with van der Waals surface area (Å²) in [7, 11) is 0. The molecule has 0 bridgehead atoms. The van der Waals surface area contributed by atoms with E-state index in [1.165, 1.54) is 66.4 Å².